The predicted octanol–water partition coefficient (Wildman–Crippen LogP) is 2.68. The Balaban J connectivity index is 1.83. The zero-order valence-electron chi connectivity index (χ0n) is 15.0. The first-order chi connectivity index (χ1) is 14.5. The maximum atomic E-state index is 12.6. The van der Waals surface area contributed by atoms with Crippen LogP contribution in [0.15, 0.2) is 53.3 Å². The third kappa shape index (κ3) is 2.71. The summed E-state index contributed by atoms with van der Waals surface area (Å²) in [6.45, 7) is 0. The van der Waals surface area contributed by atoms with Crippen LogP contribution in [-0.4, -0.2) is 35.3 Å². The monoisotopic (exact) mass is 422 g/mol. The minimum atomic E-state index is -0.677. The second-order valence-electron chi connectivity index (χ2n) is 6.49. The second-order valence-corrected chi connectivity index (χ2v) is 6.90. The number of fused-ring (bicyclic) bond motifs is 2. The molecular formula is C18H11ClN8O3. The average Bonchev–Trinajstić information content (AvgIpc) is 3.22. The fourth-order valence-electron chi connectivity index (χ4n) is 3.51. The van der Waals surface area contributed by atoms with Crippen molar-refractivity contribution in [2.24, 2.45) is 0 Å². The number of benzene rings is 2. The molecule has 0 radical (unpaired) electrons. The molecule has 2 aromatic heterocycles. The molecule has 12 heteroatoms. The smallest absolute Gasteiger partial charge is 0.288 e. The summed E-state index contributed by atoms with van der Waals surface area (Å²) in [5.41, 5.74) is 1.50. The molecule has 3 heterocycles. The predicted molar refractivity (Wildman–Crippen MR) is 107 cm³/mol. The SMILES string of the molecule is O=c1[nH]nc(-c2cccc([N+](=O)[O-])c2)c2c1Nc1nnnn1C2c1ccccc1Cl. The van der Waals surface area contributed by atoms with Crippen molar-refractivity contribution < 1.29 is 4.92 Å². The first kappa shape index (κ1) is 17.9. The van der Waals surface area contributed by atoms with Crippen molar-refractivity contribution in [3.63, 3.8) is 0 Å². The Morgan fingerprint density at radius 3 is 2.80 bits per heavy atom. The number of hydrogen-bond donors (Lipinski definition) is 2. The highest BCUT2D eigenvalue weighted by molar-refractivity contribution is 6.31. The van der Waals surface area contributed by atoms with Crippen LogP contribution in [0.4, 0.5) is 17.3 Å². The molecule has 0 saturated heterocycles. The Kier molecular flexibility index (Phi) is 4.03. The van der Waals surface area contributed by atoms with E-state index in [1.54, 1.807) is 36.4 Å². The number of tetrazole rings is 1. The largest absolute Gasteiger partial charge is 0.318 e. The van der Waals surface area contributed by atoms with E-state index < -0.39 is 16.5 Å². The van der Waals surface area contributed by atoms with Crippen molar-refractivity contribution in [1.82, 2.24) is 30.4 Å². The summed E-state index contributed by atoms with van der Waals surface area (Å²) in [5.74, 6) is 0.258. The number of aromatic amines is 1. The summed E-state index contributed by atoms with van der Waals surface area (Å²) >= 11 is 6.46. The number of rotatable bonds is 3. The van der Waals surface area contributed by atoms with Gasteiger partial charge in [-0.15, -0.1) is 0 Å². The molecule has 1 atom stereocenters. The molecule has 2 aromatic carbocycles. The van der Waals surface area contributed by atoms with E-state index in [1.807, 2.05) is 0 Å². The summed E-state index contributed by atoms with van der Waals surface area (Å²) < 4.78 is 1.49. The quantitative estimate of drug-likeness (QED) is 0.333. The van der Waals surface area contributed by atoms with E-state index in [9.17, 15) is 14.9 Å². The third-order valence-corrected chi connectivity index (χ3v) is 5.14. The highest BCUT2D eigenvalue weighted by atomic mass is 35.5. The van der Waals surface area contributed by atoms with E-state index >= 15 is 0 Å². The van der Waals surface area contributed by atoms with Gasteiger partial charge in [0.15, 0.2) is 0 Å². The van der Waals surface area contributed by atoms with Crippen LogP contribution in [0.25, 0.3) is 11.3 Å². The topological polar surface area (TPSA) is 145 Å². The number of nitro benzene ring substituents is 1. The van der Waals surface area contributed by atoms with Crippen LogP contribution in [0.3, 0.4) is 0 Å². The number of nitro groups is 1. The molecule has 0 fully saturated rings. The minimum absolute atomic E-state index is 0.101. The highest BCUT2D eigenvalue weighted by Crippen LogP contribution is 2.43. The van der Waals surface area contributed by atoms with Crippen molar-refractivity contribution in [1.29, 1.82) is 0 Å². The molecular weight excluding hydrogens is 412 g/mol. The number of H-pyrrole nitrogens is 1. The highest BCUT2D eigenvalue weighted by Gasteiger charge is 2.35. The maximum Gasteiger partial charge on any atom is 0.288 e. The molecule has 0 aliphatic carbocycles. The van der Waals surface area contributed by atoms with Crippen LogP contribution in [0.2, 0.25) is 5.02 Å². The zero-order valence-corrected chi connectivity index (χ0v) is 15.7. The Bertz CT molecular complexity index is 1370. The van der Waals surface area contributed by atoms with Crippen LogP contribution < -0.4 is 10.9 Å². The number of non-ortho nitro benzene ring substituents is 1. The van der Waals surface area contributed by atoms with Gasteiger partial charge in [-0.3, -0.25) is 14.9 Å². The van der Waals surface area contributed by atoms with Crippen molar-refractivity contribution >= 4 is 28.9 Å². The zero-order chi connectivity index (χ0) is 20.8. The van der Waals surface area contributed by atoms with Gasteiger partial charge in [0.2, 0.25) is 5.95 Å². The van der Waals surface area contributed by atoms with Gasteiger partial charge >= 0.3 is 0 Å². The average molecular weight is 423 g/mol. The lowest BCUT2D eigenvalue weighted by atomic mass is 9.92. The summed E-state index contributed by atoms with van der Waals surface area (Å²) in [6, 6.07) is 12.4. The van der Waals surface area contributed by atoms with Gasteiger partial charge in [0.25, 0.3) is 11.2 Å². The van der Waals surface area contributed by atoms with Crippen LogP contribution in [0.5, 0.6) is 0 Å². The number of aromatic nitrogens is 6. The van der Waals surface area contributed by atoms with Gasteiger partial charge < -0.3 is 5.32 Å². The standard InChI is InChI=1S/C18H11ClN8O3/c19-12-7-2-1-6-11(12)16-13-14(9-4-3-5-10(8-9)27(29)30)21-22-17(28)15(13)20-18-23-24-25-26(16)18/h1-8,16H,(H,22,28)(H,20,23,25). The van der Waals surface area contributed by atoms with E-state index in [0.717, 1.165) is 0 Å². The summed E-state index contributed by atoms with van der Waals surface area (Å²) in [5, 5.41) is 32.9. The van der Waals surface area contributed by atoms with Gasteiger partial charge in [0.1, 0.15) is 11.7 Å². The third-order valence-electron chi connectivity index (χ3n) is 4.80. The number of halogens is 1. The maximum absolute atomic E-state index is 12.6. The molecule has 2 N–H and O–H groups in total. The van der Waals surface area contributed by atoms with Gasteiger partial charge in [-0.2, -0.15) is 9.78 Å². The minimum Gasteiger partial charge on any atom is -0.318 e. The van der Waals surface area contributed by atoms with E-state index in [2.05, 4.69) is 31.0 Å². The second kappa shape index (κ2) is 6.74. The Hall–Kier alpha value is -4.12. The summed E-state index contributed by atoms with van der Waals surface area (Å²) in [6.07, 6.45) is 0. The number of hydrogen-bond acceptors (Lipinski definition) is 8. The van der Waals surface area contributed by atoms with Crippen molar-refractivity contribution in [2.45, 2.75) is 6.04 Å². The number of nitrogens with one attached hydrogen (secondary N) is 2. The molecule has 0 bridgehead atoms. The fraction of sp³-hybridized carbons (Fsp3) is 0.0556. The molecule has 11 nitrogen and oxygen atoms in total. The van der Waals surface area contributed by atoms with Crippen LogP contribution in [-0.2, 0) is 0 Å². The van der Waals surface area contributed by atoms with Gasteiger partial charge in [0.05, 0.1) is 10.6 Å². The van der Waals surface area contributed by atoms with Crippen molar-refractivity contribution in [2.75, 3.05) is 5.32 Å². The summed E-state index contributed by atoms with van der Waals surface area (Å²) in [4.78, 5) is 23.4. The lowest BCUT2D eigenvalue weighted by Gasteiger charge is -2.28. The van der Waals surface area contributed by atoms with E-state index in [1.165, 1.54) is 16.8 Å². The molecule has 5 rings (SSSR count). The lowest BCUT2D eigenvalue weighted by molar-refractivity contribution is -0.384. The van der Waals surface area contributed by atoms with Gasteiger partial charge in [-0.25, -0.2) is 5.10 Å². The molecule has 0 amide bonds. The number of nitrogens with zero attached hydrogens (tertiary/aromatic N) is 6. The van der Waals surface area contributed by atoms with Crippen LogP contribution in [0.1, 0.15) is 17.2 Å². The normalized spacial score (nSPS) is 14.5. The molecule has 30 heavy (non-hydrogen) atoms. The molecule has 4 aromatic rings. The molecule has 1 unspecified atom stereocenters. The number of anilines is 2. The molecule has 148 valence electrons. The molecule has 1 aliphatic heterocycles. The van der Waals surface area contributed by atoms with Crippen molar-refractivity contribution in [3.8, 4) is 11.3 Å². The molecule has 0 spiro atoms. The van der Waals surface area contributed by atoms with Crippen LogP contribution in [0, 0.1) is 10.1 Å². The Labute approximate surface area is 172 Å². The fourth-order valence-corrected chi connectivity index (χ4v) is 3.75. The first-order valence-electron chi connectivity index (χ1n) is 8.71. The Morgan fingerprint density at radius 2 is 2.00 bits per heavy atom. The summed E-state index contributed by atoms with van der Waals surface area (Å²) in [7, 11) is 0. The lowest BCUT2D eigenvalue weighted by Crippen LogP contribution is -2.29. The molecule has 1 aliphatic rings. The van der Waals surface area contributed by atoms with Gasteiger partial charge in [-0.05, 0) is 16.5 Å². The first-order valence-corrected chi connectivity index (χ1v) is 9.09. The van der Waals surface area contributed by atoms with Crippen molar-refractivity contribution in [3.05, 3.63) is 85.1 Å². The van der Waals surface area contributed by atoms with Crippen LogP contribution >= 0.6 is 11.6 Å². The van der Waals surface area contributed by atoms with E-state index in [0.29, 0.717) is 27.4 Å². The van der Waals surface area contributed by atoms with E-state index in [4.69, 9.17) is 11.6 Å². The van der Waals surface area contributed by atoms with Gasteiger partial charge in [-0.1, -0.05) is 47.0 Å². The molecule has 0 saturated carbocycles. The van der Waals surface area contributed by atoms with Gasteiger partial charge in [0, 0.05) is 33.8 Å². The Morgan fingerprint density at radius 1 is 1.17 bits per heavy atom. The van der Waals surface area contributed by atoms with E-state index in [-0.39, 0.29) is 17.3 Å².